The summed E-state index contributed by atoms with van der Waals surface area (Å²) in [6.07, 6.45) is 8.04. The van der Waals surface area contributed by atoms with Gasteiger partial charge in [-0.2, -0.15) is 5.10 Å². The standard InChI is InChI=1S/C15H21N3O2/c1-11(2)18-8-15(7-17-18)20-10-14-5-12(9-19-14)6-16-13-3-4-13/h5,7-9,11,13,16H,3-4,6,10H2,1-2H3. The van der Waals surface area contributed by atoms with Crippen molar-refractivity contribution in [2.24, 2.45) is 0 Å². The van der Waals surface area contributed by atoms with Crippen LogP contribution in [0, 0.1) is 0 Å². The third-order valence-corrected chi connectivity index (χ3v) is 3.37. The monoisotopic (exact) mass is 275 g/mol. The molecule has 0 aromatic carbocycles. The van der Waals surface area contributed by atoms with Gasteiger partial charge in [0.1, 0.15) is 12.4 Å². The predicted octanol–water partition coefficient (Wildman–Crippen LogP) is 2.89. The van der Waals surface area contributed by atoms with Crippen molar-refractivity contribution in [1.82, 2.24) is 15.1 Å². The van der Waals surface area contributed by atoms with Gasteiger partial charge in [-0.15, -0.1) is 0 Å². The Hall–Kier alpha value is -1.75. The highest BCUT2D eigenvalue weighted by molar-refractivity contribution is 5.15. The second-order valence-electron chi connectivity index (χ2n) is 5.61. The lowest BCUT2D eigenvalue weighted by molar-refractivity contribution is 0.270. The van der Waals surface area contributed by atoms with Crippen LogP contribution in [0.2, 0.25) is 0 Å². The maximum absolute atomic E-state index is 5.68. The lowest BCUT2D eigenvalue weighted by Crippen LogP contribution is -2.14. The van der Waals surface area contributed by atoms with E-state index in [1.54, 1.807) is 12.5 Å². The van der Waals surface area contributed by atoms with E-state index in [1.807, 2.05) is 16.9 Å². The molecular formula is C15H21N3O2. The summed E-state index contributed by atoms with van der Waals surface area (Å²) in [7, 11) is 0. The Balaban J connectivity index is 1.49. The fourth-order valence-corrected chi connectivity index (χ4v) is 1.98. The van der Waals surface area contributed by atoms with Gasteiger partial charge in [0.05, 0.1) is 18.7 Å². The van der Waals surface area contributed by atoms with Crippen LogP contribution in [0.1, 0.15) is 44.1 Å². The first kappa shape index (κ1) is 13.2. The minimum Gasteiger partial charge on any atom is -0.482 e. The van der Waals surface area contributed by atoms with Gasteiger partial charge in [0.15, 0.2) is 5.75 Å². The molecule has 5 nitrogen and oxygen atoms in total. The van der Waals surface area contributed by atoms with Gasteiger partial charge in [0.2, 0.25) is 0 Å². The van der Waals surface area contributed by atoms with Crippen molar-refractivity contribution in [2.45, 2.75) is 51.9 Å². The zero-order chi connectivity index (χ0) is 13.9. The average Bonchev–Trinajstić information content (AvgIpc) is 2.96. The molecule has 0 unspecified atom stereocenters. The molecule has 1 fully saturated rings. The summed E-state index contributed by atoms with van der Waals surface area (Å²) in [5.41, 5.74) is 1.17. The Kier molecular flexibility index (Phi) is 3.78. The molecule has 1 saturated carbocycles. The Bertz CT molecular complexity index is 555. The average molecular weight is 275 g/mol. The minimum absolute atomic E-state index is 0.344. The summed E-state index contributed by atoms with van der Waals surface area (Å²) in [4.78, 5) is 0. The van der Waals surface area contributed by atoms with Crippen molar-refractivity contribution in [1.29, 1.82) is 0 Å². The first-order valence-corrected chi connectivity index (χ1v) is 7.17. The SMILES string of the molecule is CC(C)n1cc(OCc2cc(CNC3CC3)co2)cn1. The first-order chi connectivity index (χ1) is 9.70. The number of rotatable bonds is 7. The van der Waals surface area contributed by atoms with Crippen LogP contribution in [0.5, 0.6) is 5.75 Å². The molecule has 0 radical (unpaired) electrons. The molecule has 0 bridgehead atoms. The Morgan fingerprint density at radius 1 is 1.50 bits per heavy atom. The van der Waals surface area contributed by atoms with Crippen molar-refractivity contribution in [3.63, 3.8) is 0 Å². The van der Waals surface area contributed by atoms with E-state index in [0.29, 0.717) is 18.7 Å². The van der Waals surface area contributed by atoms with E-state index < -0.39 is 0 Å². The highest BCUT2D eigenvalue weighted by Gasteiger charge is 2.20. The van der Waals surface area contributed by atoms with Gasteiger partial charge in [-0.3, -0.25) is 4.68 Å². The molecule has 1 aliphatic carbocycles. The normalized spacial score (nSPS) is 14.9. The molecule has 108 valence electrons. The van der Waals surface area contributed by atoms with E-state index in [2.05, 4.69) is 24.3 Å². The van der Waals surface area contributed by atoms with E-state index in [1.165, 1.54) is 18.4 Å². The number of hydrogen-bond donors (Lipinski definition) is 1. The summed E-state index contributed by atoms with van der Waals surface area (Å²) >= 11 is 0. The van der Waals surface area contributed by atoms with Crippen molar-refractivity contribution in [3.8, 4) is 5.75 Å². The molecule has 0 aliphatic heterocycles. The summed E-state index contributed by atoms with van der Waals surface area (Å²) < 4.78 is 13.1. The molecule has 0 spiro atoms. The van der Waals surface area contributed by atoms with E-state index >= 15 is 0 Å². The first-order valence-electron chi connectivity index (χ1n) is 7.17. The van der Waals surface area contributed by atoms with E-state index in [9.17, 15) is 0 Å². The third-order valence-electron chi connectivity index (χ3n) is 3.37. The fraction of sp³-hybridized carbons (Fsp3) is 0.533. The van der Waals surface area contributed by atoms with Crippen LogP contribution in [-0.2, 0) is 13.2 Å². The third kappa shape index (κ3) is 3.42. The van der Waals surface area contributed by atoms with Gasteiger partial charge < -0.3 is 14.5 Å². The number of nitrogens with zero attached hydrogens (tertiary/aromatic N) is 2. The molecule has 2 heterocycles. The highest BCUT2D eigenvalue weighted by atomic mass is 16.5. The zero-order valence-corrected chi connectivity index (χ0v) is 12.0. The van der Waals surface area contributed by atoms with Crippen LogP contribution in [-0.4, -0.2) is 15.8 Å². The second kappa shape index (κ2) is 5.71. The van der Waals surface area contributed by atoms with Crippen molar-refractivity contribution in [3.05, 3.63) is 36.0 Å². The van der Waals surface area contributed by atoms with Crippen LogP contribution in [0.3, 0.4) is 0 Å². The maximum atomic E-state index is 5.68. The fourth-order valence-electron chi connectivity index (χ4n) is 1.98. The van der Waals surface area contributed by atoms with Gasteiger partial charge in [-0.05, 0) is 32.8 Å². The van der Waals surface area contributed by atoms with E-state index in [-0.39, 0.29) is 0 Å². The largest absolute Gasteiger partial charge is 0.482 e. The molecule has 0 amide bonds. The number of hydrogen-bond acceptors (Lipinski definition) is 4. The van der Waals surface area contributed by atoms with Gasteiger partial charge in [0.25, 0.3) is 0 Å². The smallest absolute Gasteiger partial charge is 0.157 e. The van der Waals surface area contributed by atoms with E-state index in [0.717, 1.165) is 18.1 Å². The zero-order valence-electron chi connectivity index (χ0n) is 12.0. The molecule has 0 atom stereocenters. The molecule has 5 heteroatoms. The van der Waals surface area contributed by atoms with Crippen LogP contribution >= 0.6 is 0 Å². The van der Waals surface area contributed by atoms with E-state index in [4.69, 9.17) is 9.15 Å². The minimum atomic E-state index is 0.344. The quantitative estimate of drug-likeness (QED) is 0.844. The van der Waals surface area contributed by atoms with Crippen LogP contribution in [0.4, 0.5) is 0 Å². The highest BCUT2D eigenvalue weighted by Crippen LogP contribution is 2.20. The molecule has 20 heavy (non-hydrogen) atoms. The lowest BCUT2D eigenvalue weighted by atomic mass is 10.3. The Labute approximate surface area is 118 Å². The second-order valence-corrected chi connectivity index (χ2v) is 5.61. The topological polar surface area (TPSA) is 52.2 Å². The molecule has 1 aliphatic rings. The van der Waals surface area contributed by atoms with Gasteiger partial charge in [-0.25, -0.2) is 0 Å². The molecular weight excluding hydrogens is 254 g/mol. The summed E-state index contributed by atoms with van der Waals surface area (Å²) in [5.74, 6) is 1.61. The van der Waals surface area contributed by atoms with Crippen molar-refractivity contribution >= 4 is 0 Å². The van der Waals surface area contributed by atoms with Crippen LogP contribution in [0.15, 0.2) is 29.1 Å². The number of ether oxygens (including phenoxy) is 1. The summed E-state index contributed by atoms with van der Waals surface area (Å²) in [6, 6.07) is 3.10. The maximum Gasteiger partial charge on any atom is 0.157 e. The van der Waals surface area contributed by atoms with Gasteiger partial charge in [0, 0.05) is 24.2 Å². The molecule has 3 rings (SSSR count). The molecule has 0 saturated heterocycles. The molecule has 2 aromatic rings. The Morgan fingerprint density at radius 3 is 3.05 bits per heavy atom. The van der Waals surface area contributed by atoms with Crippen molar-refractivity contribution in [2.75, 3.05) is 0 Å². The Morgan fingerprint density at radius 2 is 2.35 bits per heavy atom. The predicted molar refractivity (Wildman–Crippen MR) is 75.5 cm³/mol. The molecule has 2 aromatic heterocycles. The number of nitrogens with one attached hydrogen (secondary N) is 1. The summed E-state index contributed by atoms with van der Waals surface area (Å²) in [5, 5.41) is 7.70. The van der Waals surface area contributed by atoms with Crippen LogP contribution in [0.25, 0.3) is 0 Å². The van der Waals surface area contributed by atoms with Gasteiger partial charge >= 0.3 is 0 Å². The lowest BCUT2D eigenvalue weighted by Gasteiger charge is -2.03. The number of aromatic nitrogens is 2. The molecule has 1 N–H and O–H groups in total. The number of furan rings is 1. The van der Waals surface area contributed by atoms with Crippen LogP contribution < -0.4 is 10.1 Å². The van der Waals surface area contributed by atoms with Gasteiger partial charge in [-0.1, -0.05) is 0 Å². The summed E-state index contributed by atoms with van der Waals surface area (Å²) in [6.45, 7) is 5.48. The van der Waals surface area contributed by atoms with Crippen molar-refractivity contribution < 1.29 is 9.15 Å².